The highest BCUT2D eigenvalue weighted by Gasteiger charge is 1.85. The second kappa shape index (κ2) is 6.58. The molecule has 1 N–H and O–H groups in total. The van der Waals surface area contributed by atoms with Gasteiger partial charge in [-0.25, -0.2) is 0 Å². The first-order chi connectivity index (χ1) is 8.90. The number of hydrogen-bond donors (Lipinski definition) is 1. The van der Waals surface area contributed by atoms with Crippen LogP contribution in [0.25, 0.3) is 10.8 Å². The van der Waals surface area contributed by atoms with E-state index >= 15 is 0 Å². The predicted molar refractivity (Wildman–Crippen MR) is 76.3 cm³/mol. The van der Waals surface area contributed by atoms with Crippen molar-refractivity contribution in [2.75, 3.05) is 0 Å². The average Bonchev–Trinajstić information content (AvgIpc) is 2.49. The average molecular weight is 236 g/mol. The van der Waals surface area contributed by atoms with E-state index in [1.54, 1.807) is 0 Å². The van der Waals surface area contributed by atoms with Crippen molar-refractivity contribution < 1.29 is 5.11 Å². The van der Waals surface area contributed by atoms with Gasteiger partial charge in [-0.3, -0.25) is 0 Å². The van der Waals surface area contributed by atoms with Crippen LogP contribution in [0.3, 0.4) is 0 Å². The van der Waals surface area contributed by atoms with Gasteiger partial charge in [0, 0.05) is 0 Å². The van der Waals surface area contributed by atoms with Crippen molar-refractivity contribution in [1.29, 1.82) is 0 Å². The van der Waals surface area contributed by atoms with Crippen molar-refractivity contribution >= 4 is 10.8 Å². The van der Waals surface area contributed by atoms with Gasteiger partial charge in [0.25, 0.3) is 0 Å². The zero-order valence-electron chi connectivity index (χ0n) is 10.2. The van der Waals surface area contributed by atoms with Crippen molar-refractivity contribution in [3.8, 4) is 0 Å². The molecule has 0 spiro atoms. The molecule has 0 bridgehead atoms. The Kier molecular flexibility index (Phi) is 4.51. The molecule has 1 nitrogen and oxygen atoms in total. The number of hydrogen-bond acceptors (Lipinski definition) is 1. The van der Waals surface area contributed by atoms with Gasteiger partial charge in [0.15, 0.2) is 0 Å². The van der Waals surface area contributed by atoms with Crippen molar-refractivity contribution in [3.63, 3.8) is 0 Å². The fourth-order valence-corrected chi connectivity index (χ4v) is 1.72. The van der Waals surface area contributed by atoms with Crippen LogP contribution in [-0.2, 0) is 6.61 Å². The first-order valence-electron chi connectivity index (χ1n) is 5.99. The maximum atomic E-state index is 8.54. The van der Waals surface area contributed by atoms with E-state index in [2.05, 4.69) is 48.5 Å². The predicted octanol–water partition coefficient (Wildman–Crippen LogP) is 4.02. The minimum absolute atomic E-state index is 0.140. The molecule has 0 radical (unpaired) electrons. The Bertz CT molecular complexity index is 522. The first-order valence-corrected chi connectivity index (χ1v) is 5.99. The topological polar surface area (TPSA) is 20.2 Å². The smallest absolute Gasteiger partial charge is 0.0681 e. The molecule has 0 amide bonds. The zero-order chi connectivity index (χ0) is 12.6. The summed E-state index contributed by atoms with van der Waals surface area (Å²) in [6.45, 7) is 0.140. The van der Waals surface area contributed by atoms with Crippen LogP contribution >= 0.6 is 0 Å². The molecule has 0 heterocycles. The summed E-state index contributed by atoms with van der Waals surface area (Å²) in [6, 6.07) is 26.2. The van der Waals surface area contributed by atoms with Gasteiger partial charge >= 0.3 is 0 Å². The van der Waals surface area contributed by atoms with E-state index in [0.717, 1.165) is 5.56 Å². The Labute approximate surface area is 107 Å². The molecule has 3 aromatic carbocycles. The van der Waals surface area contributed by atoms with Crippen molar-refractivity contribution in [2.45, 2.75) is 6.61 Å². The minimum atomic E-state index is 0.140. The SMILES string of the molecule is OCc1ccccc1.c1ccc2ccccc2c1. The zero-order valence-corrected chi connectivity index (χ0v) is 10.2. The molecule has 3 rings (SSSR count). The number of benzene rings is 3. The summed E-state index contributed by atoms with van der Waals surface area (Å²) < 4.78 is 0. The molecule has 0 unspecified atom stereocenters. The molecule has 0 aliphatic heterocycles. The Morgan fingerprint density at radius 3 is 1.28 bits per heavy atom. The molecular formula is C17H16O. The van der Waals surface area contributed by atoms with E-state index in [0.29, 0.717) is 0 Å². The van der Waals surface area contributed by atoms with Crippen molar-refractivity contribution in [1.82, 2.24) is 0 Å². The molecule has 1 heteroatoms. The van der Waals surface area contributed by atoms with Gasteiger partial charge < -0.3 is 5.11 Å². The Morgan fingerprint density at radius 1 is 0.556 bits per heavy atom. The monoisotopic (exact) mass is 236 g/mol. The maximum absolute atomic E-state index is 8.54. The summed E-state index contributed by atoms with van der Waals surface area (Å²) in [4.78, 5) is 0. The summed E-state index contributed by atoms with van der Waals surface area (Å²) >= 11 is 0. The van der Waals surface area contributed by atoms with Crippen LogP contribution in [0.5, 0.6) is 0 Å². The van der Waals surface area contributed by atoms with E-state index in [-0.39, 0.29) is 6.61 Å². The standard InChI is InChI=1S/C10H8.C7H8O/c1-2-6-10-8-4-3-7-9(10)5-1;8-6-7-4-2-1-3-5-7/h1-8H;1-5,8H,6H2. The Balaban J connectivity index is 0.000000138. The van der Waals surface area contributed by atoms with Gasteiger partial charge in [0.1, 0.15) is 0 Å². The molecular weight excluding hydrogens is 220 g/mol. The van der Waals surface area contributed by atoms with Crippen LogP contribution in [0.4, 0.5) is 0 Å². The molecule has 90 valence electrons. The third-order valence-electron chi connectivity index (χ3n) is 2.68. The van der Waals surface area contributed by atoms with Gasteiger partial charge in [0.05, 0.1) is 6.61 Å². The third kappa shape index (κ3) is 3.44. The van der Waals surface area contributed by atoms with E-state index in [1.807, 2.05) is 30.3 Å². The summed E-state index contributed by atoms with van der Waals surface area (Å²) in [6.07, 6.45) is 0. The highest BCUT2D eigenvalue weighted by Crippen LogP contribution is 2.11. The number of fused-ring (bicyclic) bond motifs is 1. The largest absolute Gasteiger partial charge is 0.392 e. The highest BCUT2D eigenvalue weighted by atomic mass is 16.3. The van der Waals surface area contributed by atoms with Crippen LogP contribution in [0.15, 0.2) is 78.9 Å². The molecule has 18 heavy (non-hydrogen) atoms. The lowest BCUT2D eigenvalue weighted by molar-refractivity contribution is 0.282. The highest BCUT2D eigenvalue weighted by molar-refractivity contribution is 5.81. The van der Waals surface area contributed by atoms with E-state index in [4.69, 9.17) is 5.11 Å². The molecule has 3 aromatic rings. The van der Waals surface area contributed by atoms with Gasteiger partial charge in [-0.15, -0.1) is 0 Å². The van der Waals surface area contributed by atoms with E-state index in [9.17, 15) is 0 Å². The Morgan fingerprint density at radius 2 is 0.944 bits per heavy atom. The number of rotatable bonds is 1. The van der Waals surface area contributed by atoms with Crippen LogP contribution < -0.4 is 0 Å². The second-order valence-electron chi connectivity index (χ2n) is 3.99. The van der Waals surface area contributed by atoms with Crippen LogP contribution in [0.2, 0.25) is 0 Å². The summed E-state index contributed by atoms with van der Waals surface area (Å²) in [5.41, 5.74) is 0.965. The lowest BCUT2D eigenvalue weighted by Gasteiger charge is -1.92. The van der Waals surface area contributed by atoms with Crippen molar-refractivity contribution in [3.05, 3.63) is 84.4 Å². The number of aliphatic hydroxyl groups is 1. The summed E-state index contributed by atoms with van der Waals surface area (Å²) in [5.74, 6) is 0. The maximum Gasteiger partial charge on any atom is 0.0681 e. The quantitative estimate of drug-likeness (QED) is 0.676. The first kappa shape index (κ1) is 12.3. The third-order valence-corrected chi connectivity index (χ3v) is 2.68. The lowest BCUT2D eigenvalue weighted by Crippen LogP contribution is -1.77. The summed E-state index contributed by atoms with van der Waals surface area (Å²) in [5, 5.41) is 11.2. The van der Waals surface area contributed by atoms with Crippen LogP contribution in [-0.4, -0.2) is 5.11 Å². The van der Waals surface area contributed by atoms with E-state index < -0.39 is 0 Å². The molecule has 0 aliphatic carbocycles. The van der Waals surface area contributed by atoms with E-state index in [1.165, 1.54) is 10.8 Å². The lowest BCUT2D eigenvalue weighted by atomic mass is 10.1. The second-order valence-corrected chi connectivity index (χ2v) is 3.99. The van der Waals surface area contributed by atoms with Gasteiger partial charge in [0.2, 0.25) is 0 Å². The fraction of sp³-hybridized carbons (Fsp3) is 0.0588. The molecule has 0 saturated heterocycles. The van der Waals surface area contributed by atoms with Gasteiger partial charge in [-0.1, -0.05) is 78.9 Å². The van der Waals surface area contributed by atoms with Crippen LogP contribution in [0.1, 0.15) is 5.56 Å². The van der Waals surface area contributed by atoms with Gasteiger partial charge in [-0.05, 0) is 16.3 Å². The molecule has 0 aliphatic rings. The summed E-state index contributed by atoms with van der Waals surface area (Å²) in [7, 11) is 0. The molecule has 0 fully saturated rings. The molecule has 0 aromatic heterocycles. The number of aliphatic hydroxyl groups excluding tert-OH is 1. The Hall–Kier alpha value is -2.12. The van der Waals surface area contributed by atoms with Crippen molar-refractivity contribution in [2.24, 2.45) is 0 Å². The minimum Gasteiger partial charge on any atom is -0.392 e. The normalized spacial score (nSPS) is 9.61. The van der Waals surface area contributed by atoms with Crippen LogP contribution in [0, 0.1) is 0 Å². The molecule has 0 saturated carbocycles. The molecule has 0 atom stereocenters. The fourth-order valence-electron chi connectivity index (χ4n) is 1.72. The van der Waals surface area contributed by atoms with Gasteiger partial charge in [-0.2, -0.15) is 0 Å².